The van der Waals surface area contributed by atoms with Crippen LogP contribution in [0.25, 0.3) is 0 Å². The van der Waals surface area contributed by atoms with Crippen molar-refractivity contribution in [3.63, 3.8) is 0 Å². The third kappa shape index (κ3) is 2.94. The Kier molecular flexibility index (Phi) is 4.32. The number of hydrogen-bond acceptors (Lipinski definition) is 1. The Balaban J connectivity index is 1.71. The van der Waals surface area contributed by atoms with Crippen molar-refractivity contribution >= 4 is 5.97 Å². The fraction of sp³-hybridized carbons (Fsp3) is 0.526. The average molecular weight is 302 g/mol. The molecule has 0 saturated heterocycles. The molecule has 2 saturated carbocycles. The van der Waals surface area contributed by atoms with E-state index < -0.39 is 11.8 Å². The molecule has 2 aliphatic rings. The van der Waals surface area contributed by atoms with E-state index in [1.54, 1.807) is 6.07 Å². The van der Waals surface area contributed by atoms with Crippen molar-refractivity contribution < 1.29 is 14.3 Å². The molecule has 2 aliphatic carbocycles. The molecule has 0 bridgehead atoms. The minimum Gasteiger partial charge on any atom is -0.478 e. The highest BCUT2D eigenvalue weighted by atomic mass is 19.1. The van der Waals surface area contributed by atoms with E-state index in [1.165, 1.54) is 37.8 Å². The van der Waals surface area contributed by atoms with Gasteiger partial charge in [0.05, 0.1) is 5.56 Å². The smallest absolute Gasteiger partial charge is 0.338 e. The molecule has 4 atom stereocenters. The maximum absolute atomic E-state index is 13.9. The predicted molar refractivity (Wildman–Crippen MR) is 84.5 cm³/mol. The second-order valence-electron chi connectivity index (χ2n) is 6.88. The zero-order valence-electron chi connectivity index (χ0n) is 12.8. The van der Waals surface area contributed by atoms with E-state index in [-0.39, 0.29) is 5.56 Å². The number of allylic oxidation sites excluding steroid dienone is 1. The van der Waals surface area contributed by atoms with Gasteiger partial charge in [-0.1, -0.05) is 12.1 Å². The molecular weight excluding hydrogens is 279 g/mol. The molecule has 1 aromatic rings. The van der Waals surface area contributed by atoms with Gasteiger partial charge in [-0.3, -0.25) is 0 Å². The first kappa shape index (κ1) is 15.3. The topological polar surface area (TPSA) is 37.3 Å². The normalized spacial score (nSPS) is 31.3. The van der Waals surface area contributed by atoms with Gasteiger partial charge in [0.1, 0.15) is 5.82 Å². The minimum absolute atomic E-state index is 0.232. The quantitative estimate of drug-likeness (QED) is 0.797. The lowest BCUT2D eigenvalue weighted by molar-refractivity contribution is 0.0692. The molecular formula is C19H23FO2. The first-order chi connectivity index (χ1) is 10.6. The molecule has 3 heteroatoms. The number of rotatable bonds is 3. The third-order valence-corrected chi connectivity index (χ3v) is 5.68. The summed E-state index contributed by atoms with van der Waals surface area (Å²) < 4.78 is 13.9. The van der Waals surface area contributed by atoms with E-state index in [9.17, 15) is 9.18 Å². The number of benzene rings is 1. The maximum Gasteiger partial charge on any atom is 0.338 e. The lowest BCUT2D eigenvalue weighted by Gasteiger charge is -2.41. The summed E-state index contributed by atoms with van der Waals surface area (Å²) in [5, 5.41) is 8.92. The summed E-state index contributed by atoms with van der Waals surface area (Å²) in [6.07, 6.45) is 9.21. The van der Waals surface area contributed by atoms with E-state index in [1.807, 2.05) is 0 Å². The van der Waals surface area contributed by atoms with Gasteiger partial charge >= 0.3 is 5.97 Å². The monoisotopic (exact) mass is 302 g/mol. The number of carbonyl (C=O) groups is 1. The summed E-state index contributed by atoms with van der Waals surface area (Å²) in [7, 11) is 0. The fourth-order valence-electron chi connectivity index (χ4n) is 4.40. The Morgan fingerprint density at radius 2 is 1.91 bits per heavy atom. The van der Waals surface area contributed by atoms with Gasteiger partial charge < -0.3 is 5.11 Å². The zero-order chi connectivity index (χ0) is 15.7. The number of carboxylic acid groups (broad SMARTS) is 1. The molecule has 0 aromatic heterocycles. The Bertz CT molecular complexity index is 581. The Morgan fingerprint density at radius 1 is 1.18 bits per heavy atom. The molecule has 1 N–H and O–H groups in total. The summed E-state index contributed by atoms with van der Waals surface area (Å²) >= 11 is 0. The predicted octanol–water partition coefficient (Wildman–Crippen LogP) is 5.01. The highest BCUT2D eigenvalue weighted by Crippen LogP contribution is 2.47. The molecule has 0 heterocycles. The molecule has 1 unspecified atom stereocenters. The minimum atomic E-state index is -1.20. The molecule has 0 amide bonds. The van der Waals surface area contributed by atoms with Gasteiger partial charge in [-0.05, 0) is 79.9 Å². The van der Waals surface area contributed by atoms with Crippen LogP contribution in [0.4, 0.5) is 4.39 Å². The van der Waals surface area contributed by atoms with Crippen LogP contribution in [0.3, 0.4) is 0 Å². The Labute approximate surface area is 131 Å². The van der Waals surface area contributed by atoms with Gasteiger partial charge in [-0.25, -0.2) is 9.18 Å². The van der Waals surface area contributed by atoms with Crippen LogP contribution in [0.2, 0.25) is 0 Å². The summed E-state index contributed by atoms with van der Waals surface area (Å²) in [6.45, 7) is 3.93. The van der Waals surface area contributed by atoms with Crippen LogP contribution >= 0.6 is 0 Å². The average Bonchev–Trinajstić information content (AvgIpc) is 2.53. The van der Waals surface area contributed by atoms with Crippen molar-refractivity contribution in [1.82, 2.24) is 0 Å². The second-order valence-corrected chi connectivity index (χ2v) is 6.88. The van der Waals surface area contributed by atoms with Crippen molar-refractivity contribution in [2.45, 2.75) is 44.4 Å². The van der Waals surface area contributed by atoms with Gasteiger partial charge in [-0.15, -0.1) is 6.58 Å². The van der Waals surface area contributed by atoms with Crippen LogP contribution in [0.1, 0.15) is 60.4 Å². The molecule has 2 nitrogen and oxygen atoms in total. The third-order valence-electron chi connectivity index (χ3n) is 5.68. The summed E-state index contributed by atoms with van der Waals surface area (Å²) in [5.41, 5.74) is 0.732. The number of halogens is 1. The van der Waals surface area contributed by atoms with Crippen LogP contribution in [0.15, 0.2) is 30.9 Å². The first-order valence-electron chi connectivity index (χ1n) is 8.23. The molecule has 118 valence electrons. The van der Waals surface area contributed by atoms with E-state index in [4.69, 9.17) is 5.11 Å². The van der Waals surface area contributed by atoms with Crippen LogP contribution in [-0.2, 0) is 0 Å². The van der Waals surface area contributed by atoms with Crippen molar-refractivity contribution in [2.75, 3.05) is 0 Å². The van der Waals surface area contributed by atoms with Crippen molar-refractivity contribution in [1.29, 1.82) is 0 Å². The summed E-state index contributed by atoms with van der Waals surface area (Å²) in [4.78, 5) is 10.9. The van der Waals surface area contributed by atoms with Crippen molar-refractivity contribution in [3.05, 3.63) is 47.8 Å². The highest BCUT2D eigenvalue weighted by Gasteiger charge is 2.35. The van der Waals surface area contributed by atoms with Gasteiger partial charge in [-0.2, -0.15) is 0 Å². The molecule has 0 spiro atoms. The molecule has 22 heavy (non-hydrogen) atoms. The molecule has 1 aromatic carbocycles. The first-order valence-corrected chi connectivity index (χ1v) is 8.23. The molecule has 0 radical (unpaired) electrons. The van der Waals surface area contributed by atoms with E-state index in [0.29, 0.717) is 11.8 Å². The maximum atomic E-state index is 13.9. The van der Waals surface area contributed by atoms with Crippen LogP contribution in [0, 0.1) is 23.6 Å². The van der Waals surface area contributed by atoms with Crippen LogP contribution < -0.4 is 0 Å². The largest absolute Gasteiger partial charge is 0.478 e. The SMILES string of the molecule is C=CC1CC[C@@H]2C[C@H](c3ccc(C(=O)O)c(F)c3)CC[C@@H]2C1. The molecule has 0 aliphatic heterocycles. The standard InChI is InChI=1S/C19H23FO2/c1-2-12-3-4-14-10-15(6-5-13(14)9-12)16-7-8-17(19(21)22)18(20)11-16/h2,7-8,11-15H,1,3-6,9-10H2,(H,21,22)/t12?,13-,14-,15-/m1/s1. The van der Waals surface area contributed by atoms with E-state index in [2.05, 4.69) is 12.7 Å². The Hall–Kier alpha value is -1.64. The van der Waals surface area contributed by atoms with E-state index >= 15 is 0 Å². The Morgan fingerprint density at radius 3 is 2.59 bits per heavy atom. The highest BCUT2D eigenvalue weighted by molar-refractivity contribution is 5.87. The van der Waals surface area contributed by atoms with Gasteiger partial charge in [0.15, 0.2) is 0 Å². The van der Waals surface area contributed by atoms with E-state index in [0.717, 1.165) is 30.2 Å². The zero-order valence-corrected chi connectivity index (χ0v) is 12.8. The van der Waals surface area contributed by atoms with Gasteiger partial charge in [0.2, 0.25) is 0 Å². The number of hydrogen-bond donors (Lipinski definition) is 1. The van der Waals surface area contributed by atoms with Crippen molar-refractivity contribution in [3.8, 4) is 0 Å². The second kappa shape index (κ2) is 6.23. The van der Waals surface area contributed by atoms with Crippen molar-refractivity contribution in [2.24, 2.45) is 17.8 Å². The van der Waals surface area contributed by atoms with Gasteiger partial charge in [0.25, 0.3) is 0 Å². The number of aromatic carboxylic acids is 1. The van der Waals surface area contributed by atoms with Gasteiger partial charge in [0, 0.05) is 0 Å². The number of fused-ring (bicyclic) bond motifs is 1. The number of carboxylic acids is 1. The summed E-state index contributed by atoms with van der Waals surface area (Å²) in [6, 6.07) is 4.64. The molecule has 2 fully saturated rings. The summed E-state index contributed by atoms with van der Waals surface area (Å²) in [5.74, 6) is 0.760. The van der Waals surface area contributed by atoms with Crippen LogP contribution in [0.5, 0.6) is 0 Å². The fourth-order valence-corrected chi connectivity index (χ4v) is 4.40. The lowest BCUT2D eigenvalue weighted by Crippen LogP contribution is -2.30. The molecule has 3 rings (SSSR count). The van der Waals surface area contributed by atoms with Crippen LogP contribution in [-0.4, -0.2) is 11.1 Å². The lowest BCUT2D eigenvalue weighted by atomic mass is 9.64.